The molecule has 0 N–H and O–H groups in total. The van der Waals surface area contributed by atoms with Crippen molar-refractivity contribution in [2.24, 2.45) is 0 Å². The van der Waals surface area contributed by atoms with Crippen molar-refractivity contribution in [2.45, 2.75) is 3.79 Å². The van der Waals surface area contributed by atoms with Crippen LogP contribution in [-0.4, -0.2) is 17.3 Å². The Morgan fingerprint density at radius 1 is 1.20 bits per heavy atom. The molecule has 0 bridgehead atoms. The molecule has 1 heterocycles. The molecule has 0 saturated heterocycles. The Bertz CT molecular complexity index is 635. The summed E-state index contributed by atoms with van der Waals surface area (Å²) in [6.07, 6.45) is 3.28. The Labute approximate surface area is 135 Å². The lowest BCUT2D eigenvalue weighted by molar-refractivity contribution is 0.415. The second-order valence-electron chi connectivity index (χ2n) is 3.66. The van der Waals surface area contributed by atoms with Gasteiger partial charge in [0.15, 0.2) is 0 Å². The molecule has 8 heteroatoms. The van der Waals surface area contributed by atoms with Gasteiger partial charge in [-0.25, -0.2) is 0 Å². The minimum absolute atomic E-state index is 0.0945. The number of methoxy groups -OCH3 is 1. The Balaban J connectivity index is 2.19. The predicted molar refractivity (Wildman–Crippen MR) is 80.5 cm³/mol. The van der Waals surface area contributed by atoms with E-state index >= 15 is 0 Å². The highest BCUT2D eigenvalue weighted by Crippen LogP contribution is 2.37. The van der Waals surface area contributed by atoms with Gasteiger partial charge in [-0.05, 0) is 29.8 Å². The molecule has 0 saturated carbocycles. The molecule has 0 aliphatic carbocycles. The van der Waals surface area contributed by atoms with Gasteiger partial charge >= 0.3 is 0 Å². The molecule has 0 unspecified atom stereocenters. The zero-order valence-corrected chi connectivity index (χ0v) is 13.1. The number of hydrogen-bond acceptors (Lipinski definition) is 4. The van der Waals surface area contributed by atoms with E-state index < -0.39 is 3.79 Å². The van der Waals surface area contributed by atoms with E-state index in [1.165, 1.54) is 0 Å². The standard InChI is InChI=1S/C12H8Cl4N2O2/c1-19-8-4-2-7(9(13)6-8)3-5-10-17-18-11(20-10)12(14,15)16/h2-6H,1H3. The lowest BCUT2D eigenvalue weighted by Gasteiger charge is -2.02. The van der Waals surface area contributed by atoms with Crippen molar-refractivity contribution in [3.8, 4) is 5.75 Å². The molecular weight excluding hydrogens is 346 g/mol. The molecule has 0 fully saturated rings. The van der Waals surface area contributed by atoms with Gasteiger partial charge in [-0.2, -0.15) is 0 Å². The molecule has 0 aliphatic rings. The molecular formula is C12H8Cl4N2O2. The minimum Gasteiger partial charge on any atom is -0.497 e. The number of alkyl halides is 3. The smallest absolute Gasteiger partial charge is 0.268 e. The molecule has 1 aromatic heterocycles. The molecule has 1 aromatic carbocycles. The van der Waals surface area contributed by atoms with E-state index in [9.17, 15) is 0 Å². The van der Waals surface area contributed by atoms with Crippen molar-refractivity contribution >= 4 is 58.6 Å². The summed E-state index contributed by atoms with van der Waals surface area (Å²) >= 11 is 23.0. The first-order chi connectivity index (χ1) is 9.40. The average Bonchev–Trinajstić information content (AvgIpc) is 2.86. The van der Waals surface area contributed by atoms with Crippen molar-refractivity contribution < 1.29 is 9.15 Å². The highest BCUT2D eigenvalue weighted by atomic mass is 35.6. The Kier molecular flexibility index (Phi) is 4.81. The summed E-state index contributed by atoms with van der Waals surface area (Å²) in [6, 6.07) is 5.28. The largest absolute Gasteiger partial charge is 0.497 e. The van der Waals surface area contributed by atoms with Crippen LogP contribution in [0.4, 0.5) is 0 Å². The van der Waals surface area contributed by atoms with E-state index in [2.05, 4.69) is 10.2 Å². The lowest BCUT2D eigenvalue weighted by atomic mass is 10.2. The fourth-order valence-corrected chi connectivity index (χ4v) is 1.81. The summed E-state index contributed by atoms with van der Waals surface area (Å²) in [5, 5.41) is 7.90. The van der Waals surface area contributed by atoms with Crippen molar-refractivity contribution in [1.82, 2.24) is 10.2 Å². The van der Waals surface area contributed by atoms with Crippen molar-refractivity contribution in [1.29, 1.82) is 0 Å². The maximum atomic E-state index is 6.09. The first-order valence-electron chi connectivity index (χ1n) is 5.32. The second kappa shape index (κ2) is 6.22. The van der Waals surface area contributed by atoms with Gasteiger partial charge in [-0.3, -0.25) is 0 Å². The quantitative estimate of drug-likeness (QED) is 0.748. The van der Waals surface area contributed by atoms with Crippen LogP contribution in [0.3, 0.4) is 0 Å². The first-order valence-corrected chi connectivity index (χ1v) is 6.83. The van der Waals surface area contributed by atoms with Gasteiger partial charge in [0.2, 0.25) is 5.89 Å². The normalized spacial score (nSPS) is 12.1. The number of aromatic nitrogens is 2. The zero-order chi connectivity index (χ0) is 14.8. The van der Waals surface area contributed by atoms with Gasteiger partial charge in [0, 0.05) is 6.08 Å². The number of benzene rings is 1. The first kappa shape index (κ1) is 15.4. The highest BCUT2D eigenvalue weighted by Gasteiger charge is 2.29. The molecule has 20 heavy (non-hydrogen) atoms. The molecule has 106 valence electrons. The third-order valence-corrected chi connectivity index (χ3v) is 3.11. The summed E-state index contributed by atoms with van der Waals surface area (Å²) in [5.41, 5.74) is 0.765. The van der Waals surface area contributed by atoms with Crippen LogP contribution in [0.5, 0.6) is 5.75 Å². The maximum Gasteiger partial charge on any atom is 0.268 e. The highest BCUT2D eigenvalue weighted by molar-refractivity contribution is 6.66. The lowest BCUT2D eigenvalue weighted by Crippen LogP contribution is -1.99. The second-order valence-corrected chi connectivity index (χ2v) is 6.35. The fraction of sp³-hybridized carbons (Fsp3) is 0.167. The topological polar surface area (TPSA) is 48.2 Å². The van der Waals surface area contributed by atoms with E-state index in [1.807, 2.05) is 0 Å². The molecule has 0 amide bonds. The zero-order valence-electron chi connectivity index (χ0n) is 10.1. The van der Waals surface area contributed by atoms with Gasteiger partial charge in [0.05, 0.1) is 12.1 Å². The van der Waals surface area contributed by atoms with E-state index in [0.717, 1.165) is 5.56 Å². The third kappa shape index (κ3) is 3.79. The van der Waals surface area contributed by atoms with Crippen molar-refractivity contribution in [2.75, 3.05) is 7.11 Å². The Morgan fingerprint density at radius 2 is 1.95 bits per heavy atom. The summed E-state index contributed by atoms with van der Waals surface area (Å²) in [5.74, 6) is 0.782. The van der Waals surface area contributed by atoms with Crippen LogP contribution in [0.1, 0.15) is 17.3 Å². The number of hydrogen-bond donors (Lipinski definition) is 0. The summed E-state index contributed by atoms with van der Waals surface area (Å²) in [4.78, 5) is 0. The van der Waals surface area contributed by atoms with E-state index in [-0.39, 0.29) is 11.8 Å². The molecule has 4 nitrogen and oxygen atoms in total. The molecule has 0 atom stereocenters. The van der Waals surface area contributed by atoms with Gasteiger partial charge < -0.3 is 9.15 Å². The predicted octanol–water partition coefficient (Wildman–Crippen LogP) is 4.73. The maximum absolute atomic E-state index is 6.09. The van der Waals surface area contributed by atoms with Crippen LogP contribution < -0.4 is 4.74 Å². The van der Waals surface area contributed by atoms with Crippen LogP contribution in [0.25, 0.3) is 12.2 Å². The minimum atomic E-state index is -1.74. The van der Waals surface area contributed by atoms with Gasteiger partial charge in [-0.1, -0.05) is 46.4 Å². The SMILES string of the molecule is COc1ccc(C=Cc2nnc(C(Cl)(Cl)Cl)o2)c(Cl)c1. The monoisotopic (exact) mass is 352 g/mol. The third-order valence-electron chi connectivity index (χ3n) is 2.30. The average molecular weight is 354 g/mol. The van der Waals surface area contributed by atoms with Crippen LogP contribution in [0, 0.1) is 0 Å². The summed E-state index contributed by atoms with van der Waals surface area (Å²) < 4.78 is 8.50. The summed E-state index contributed by atoms with van der Waals surface area (Å²) in [7, 11) is 1.57. The van der Waals surface area contributed by atoms with E-state index in [4.69, 9.17) is 55.6 Å². The summed E-state index contributed by atoms with van der Waals surface area (Å²) in [6.45, 7) is 0. The number of rotatable bonds is 3. The molecule has 2 aromatic rings. The van der Waals surface area contributed by atoms with Gasteiger partial charge in [0.25, 0.3) is 9.68 Å². The van der Waals surface area contributed by atoms with Crippen LogP contribution >= 0.6 is 46.4 Å². The Hall–Kier alpha value is -0.940. The molecule has 0 aliphatic heterocycles. The van der Waals surface area contributed by atoms with E-state index in [1.54, 1.807) is 37.5 Å². The van der Waals surface area contributed by atoms with Gasteiger partial charge in [0.1, 0.15) is 5.75 Å². The van der Waals surface area contributed by atoms with Crippen molar-refractivity contribution in [3.63, 3.8) is 0 Å². The van der Waals surface area contributed by atoms with Crippen LogP contribution in [0.2, 0.25) is 5.02 Å². The Morgan fingerprint density at radius 3 is 2.50 bits per heavy atom. The molecule has 0 radical (unpaired) electrons. The van der Waals surface area contributed by atoms with Crippen molar-refractivity contribution in [3.05, 3.63) is 40.6 Å². The molecule has 0 spiro atoms. The molecule has 2 rings (SSSR count). The van der Waals surface area contributed by atoms with Crippen LogP contribution in [-0.2, 0) is 3.79 Å². The number of ether oxygens (including phenoxy) is 1. The van der Waals surface area contributed by atoms with Crippen LogP contribution in [0.15, 0.2) is 22.6 Å². The number of halogens is 4. The van der Waals surface area contributed by atoms with E-state index in [0.29, 0.717) is 10.8 Å². The number of nitrogens with zero attached hydrogens (tertiary/aromatic N) is 2. The van der Waals surface area contributed by atoms with Gasteiger partial charge in [-0.15, -0.1) is 10.2 Å². The fourth-order valence-electron chi connectivity index (χ4n) is 1.35.